The van der Waals surface area contributed by atoms with Crippen LogP contribution in [0, 0.1) is 5.82 Å². The Morgan fingerprint density at radius 3 is 2.80 bits per heavy atom. The molecule has 0 saturated carbocycles. The molecule has 1 fully saturated rings. The zero-order valence-corrected chi connectivity index (χ0v) is 8.53. The van der Waals surface area contributed by atoms with Gasteiger partial charge in [-0.05, 0) is 19.2 Å². The number of nitrogens with one attached hydrogen (secondary N) is 1. The molecule has 0 aliphatic carbocycles. The largest absolute Gasteiger partial charge is 0.315 e. The predicted octanol–water partition coefficient (Wildman–Crippen LogP) is 1.15. The summed E-state index contributed by atoms with van der Waals surface area (Å²) in [6, 6.07) is 6.48. The van der Waals surface area contributed by atoms with Gasteiger partial charge in [0.05, 0.1) is 5.69 Å². The molecule has 0 aromatic heterocycles. The number of amides is 1. The molecule has 80 valence electrons. The quantitative estimate of drug-likeness (QED) is 0.790. The van der Waals surface area contributed by atoms with Crippen LogP contribution in [0.3, 0.4) is 0 Å². The van der Waals surface area contributed by atoms with Gasteiger partial charge in [-0.1, -0.05) is 12.1 Å². The van der Waals surface area contributed by atoms with Crippen molar-refractivity contribution >= 4 is 11.6 Å². The Hall–Kier alpha value is -1.42. The highest BCUT2D eigenvalue weighted by molar-refractivity contribution is 5.96. The lowest BCUT2D eigenvalue weighted by atomic mass is 10.3. The van der Waals surface area contributed by atoms with Gasteiger partial charge in [0.2, 0.25) is 5.91 Å². The van der Waals surface area contributed by atoms with Crippen molar-refractivity contribution in [3.8, 4) is 0 Å². The van der Waals surface area contributed by atoms with Gasteiger partial charge >= 0.3 is 0 Å². The van der Waals surface area contributed by atoms with Crippen molar-refractivity contribution < 1.29 is 9.18 Å². The molecule has 4 heteroatoms. The van der Waals surface area contributed by atoms with Crippen molar-refractivity contribution in [3.63, 3.8) is 0 Å². The lowest BCUT2D eigenvalue weighted by Crippen LogP contribution is -2.30. The summed E-state index contributed by atoms with van der Waals surface area (Å²) < 4.78 is 13.4. The average Bonchev–Trinajstić information content (AvgIpc) is 2.60. The zero-order chi connectivity index (χ0) is 10.8. The van der Waals surface area contributed by atoms with Crippen LogP contribution in [0.15, 0.2) is 24.3 Å². The van der Waals surface area contributed by atoms with Crippen molar-refractivity contribution in [2.75, 3.05) is 18.5 Å². The third kappa shape index (κ3) is 1.85. The van der Waals surface area contributed by atoms with Crippen LogP contribution in [0.5, 0.6) is 0 Å². The molecule has 1 atom stereocenters. The lowest BCUT2D eigenvalue weighted by molar-refractivity contribution is -0.117. The van der Waals surface area contributed by atoms with E-state index in [-0.39, 0.29) is 17.8 Å². The van der Waals surface area contributed by atoms with Gasteiger partial charge in [-0.2, -0.15) is 0 Å². The normalized spacial score (nSPS) is 21.1. The summed E-state index contributed by atoms with van der Waals surface area (Å²) in [6.45, 7) is 0.538. The lowest BCUT2D eigenvalue weighted by Gasteiger charge is -2.17. The van der Waals surface area contributed by atoms with E-state index in [0.29, 0.717) is 18.7 Å². The third-order valence-corrected chi connectivity index (χ3v) is 2.68. The first-order chi connectivity index (χ1) is 7.22. The molecule has 3 nitrogen and oxygen atoms in total. The van der Waals surface area contributed by atoms with Crippen molar-refractivity contribution in [2.45, 2.75) is 12.5 Å². The van der Waals surface area contributed by atoms with Gasteiger partial charge in [0.1, 0.15) is 5.82 Å². The van der Waals surface area contributed by atoms with Gasteiger partial charge in [0.25, 0.3) is 0 Å². The van der Waals surface area contributed by atoms with Gasteiger partial charge in [-0.3, -0.25) is 4.79 Å². The number of anilines is 1. The summed E-state index contributed by atoms with van der Waals surface area (Å²) >= 11 is 0. The molecular formula is C11H13FN2O. The highest BCUT2D eigenvalue weighted by atomic mass is 19.1. The van der Waals surface area contributed by atoms with Crippen molar-refractivity contribution in [1.82, 2.24) is 5.32 Å². The number of carbonyl (C=O) groups is 1. The number of para-hydroxylation sites is 1. The molecule has 1 amide bonds. The van der Waals surface area contributed by atoms with Gasteiger partial charge in [0.15, 0.2) is 0 Å². The maximum absolute atomic E-state index is 13.4. The first-order valence-electron chi connectivity index (χ1n) is 4.94. The van der Waals surface area contributed by atoms with Crippen molar-refractivity contribution in [3.05, 3.63) is 30.1 Å². The van der Waals surface area contributed by atoms with E-state index in [9.17, 15) is 9.18 Å². The topological polar surface area (TPSA) is 32.3 Å². The van der Waals surface area contributed by atoms with E-state index in [4.69, 9.17) is 0 Å². The molecule has 1 aliphatic heterocycles. The smallest absolute Gasteiger partial charge is 0.228 e. The minimum absolute atomic E-state index is 0.0283. The summed E-state index contributed by atoms with van der Waals surface area (Å²) in [5.74, 6) is -0.373. The second kappa shape index (κ2) is 3.98. The Morgan fingerprint density at radius 1 is 1.47 bits per heavy atom. The maximum atomic E-state index is 13.4. The van der Waals surface area contributed by atoms with E-state index in [1.807, 2.05) is 7.05 Å². The highest BCUT2D eigenvalue weighted by Crippen LogP contribution is 2.23. The second-order valence-electron chi connectivity index (χ2n) is 3.65. The summed E-state index contributed by atoms with van der Waals surface area (Å²) in [7, 11) is 1.81. The molecule has 0 spiro atoms. The second-order valence-corrected chi connectivity index (χ2v) is 3.65. The van der Waals surface area contributed by atoms with E-state index < -0.39 is 0 Å². The van der Waals surface area contributed by atoms with E-state index >= 15 is 0 Å². The molecular weight excluding hydrogens is 195 g/mol. The summed E-state index contributed by atoms with van der Waals surface area (Å²) in [6.07, 6.45) is 0.435. The number of nitrogens with zero attached hydrogens (tertiary/aromatic N) is 1. The SMILES string of the molecule is CNC1CC(=O)N(c2ccccc2F)C1. The van der Waals surface area contributed by atoms with E-state index in [0.717, 1.165) is 0 Å². The zero-order valence-electron chi connectivity index (χ0n) is 8.53. The van der Waals surface area contributed by atoms with Crippen molar-refractivity contribution in [1.29, 1.82) is 0 Å². The first kappa shape index (κ1) is 10.1. The number of benzene rings is 1. The number of halogens is 1. The van der Waals surface area contributed by atoms with Gasteiger partial charge in [-0.15, -0.1) is 0 Å². The Labute approximate surface area is 87.9 Å². The number of carbonyl (C=O) groups excluding carboxylic acids is 1. The molecule has 1 aromatic carbocycles. The molecule has 0 bridgehead atoms. The van der Waals surface area contributed by atoms with Crippen LogP contribution in [0.4, 0.5) is 10.1 Å². The van der Waals surface area contributed by atoms with Gasteiger partial charge < -0.3 is 10.2 Å². The Morgan fingerprint density at radius 2 is 2.20 bits per heavy atom. The molecule has 1 aliphatic rings. The molecule has 0 radical (unpaired) electrons. The van der Waals surface area contributed by atoms with Gasteiger partial charge in [0, 0.05) is 19.0 Å². The summed E-state index contributed by atoms with van der Waals surface area (Å²) in [5, 5.41) is 3.03. The van der Waals surface area contributed by atoms with Crippen LogP contribution in [0.25, 0.3) is 0 Å². The van der Waals surface area contributed by atoms with E-state index in [1.165, 1.54) is 11.0 Å². The number of hydrogen-bond acceptors (Lipinski definition) is 2. The number of rotatable bonds is 2. The Bertz CT molecular complexity index is 381. The monoisotopic (exact) mass is 208 g/mol. The molecule has 1 aromatic rings. The molecule has 1 saturated heterocycles. The summed E-state index contributed by atoms with van der Waals surface area (Å²) in [5.41, 5.74) is 0.375. The molecule has 1 N–H and O–H groups in total. The standard InChI is InChI=1S/C11H13FN2O/c1-13-8-6-11(15)14(7-8)10-5-3-2-4-9(10)12/h2-5,8,13H,6-7H2,1H3. The molecule has 2 rings (SSSR count). The molecule has 1 heterocycles. The van der Waals surface area contributed by atoms with Crippen LogP contribution in [0.2, 0.25) is 0 Å². The van der Waals surface area contributed by atoms with Crippen LogP contribution in [0.1, 0.15) is 6.42 Å². The minimum atomic E-state index is -0.345. The van der Waals surface area contributed by atoms with Gasteiger partial charge in [-0.25, -0.2) is 4.39 Å². The number of likely N-dealkylation sites (N-methyl/N-ethyl adjacent to an activating group) is 1. The van der Waals surface area contributed by atoms with Crippen LogP contribution < -0.4 is 10.2 Å². The van der Waals surface area contributed by atoms with E-state index in [1.54, 1.807) is 18.2 Å². The summed E-state index contributed by atoms with van der Waals surface area (Å²) in [4.78, 5) is 13.1. The third-order valence-electron chi connectivity index (χ3n) is 2.68. The van der Waals surface area contributed by atoms with Crippen LogP contribution in [-0.4, -0.2) is 25.5 Å². The van der Waals surface area contributed by atoms with Crippen molar-refractivity contribution in [2.24, 2.45) is 0 Å². The Balaban J connectivity index is 2.25. The van der Waals surface area contributed by atoms with E-state index in [2.05, 4.69) is 5.32 Å². The fourth-order valence-corrected chi connectivity index (χ4v) is 1.80. The predicted molar refractivity (Wildman–Crippen MR) is 56.2 cm³/mol. The highest BCUT2D eigenvalue weighted by Gasteiger charge is 2.30. The number of hydrogen-bond donors (Lipinski definition) is 1. The fourth-order valence-electron chi connectivity index (χ4n) is 1.80. The van der Waals surface area contributed by atoms with Crippen LogP contribution >= 0.6 is 0 Å². The van der Waals surface area contributed by atoms with Crippen LogP contribution in [-0.2, 0) is 4.79 Å². The average molecular weight is 208 g/mol. The Kier molecular flexibility index (Phi) is 2.68. The maximum Gasteiger partial charge on any atom is 0.228 e. The first-order valence-corrected chi connectivity index (χ1v) is 4.94. The fraction of sp³-hybridized carbons (Fsp3) is 0.364. The molecule has 1 unspecified atom stereocenters. The molecule has 15 heavy (non-hydrogen) atoms. The minimum Gasteiger partial charge on any atom is -0.315 e.